The van der Waals surface area contributed by atoms with Gasteiger partial charge in [-0.25, -0.2) is 14.3 Å². The lowest BCUT2D eigenvalue weighted by molar-refractivity contribution is -0.137. The Kier molecular flexibility index (Phi) is 6.75. The first-order valence-corrected chi connectivity index (χ1v) is 10.4. The molecule has 2 heterocycles. The van der Waals surface area contributed by atoms with Crippen LogP contribution in [0.25, 0.3) is 0 Å². The monoisotopic (exact) mass is 510 g/mol. The van der Waals surface area contributed by atoms with E-state index in [0.29, 0.717) is 16.6 Å². The van der Waals surface area contributed by atoms with Crippen LogP contribution in [0.5, 0.6) is 5.75 Å². The Bertz CT molecular complexity index is 1320. The number of halogens is 5. The number of benzene rings is 2. The van der Waals surface area contributed by atoms with Gasteiger partial charge in [-0.2, -0.15) is 18.3 Å². The number of carbonyl (C=O) groups is 1. The van der Waals surface area contributed by atoms with Crippen LogP contribution in [0, 0.1) is 0 Å². The van der Waals surface area contributed by atoms with Crippen LogP contribution in [0.1, 0.15) is 21.6 Å². The smallest absolute Gasteiger partial charge is 0.416 e. The van der Waals surface area contributed by atoms with Crippen molar-refractivity contribution in [3.63, 3.8) is 0 Å². The number of anilines is 1. The first kappa shape index (κ1) is 23.6. The predicted molar refractivity (Wildman–Crippen MR) is 118 cm³/mol. The van der Waals surface area contributed by atoms with Crippen LogP contribution in [0.4, 0.5) is 19.1 Å². The van der Waals surface area contributed by atoms with E-state index >= 15 is 0 Å². The summed E-state index contributed by atoms with van der Waals surface area (Å²) in [7, 11) is 0. The van der Waals surface area contributed by atoms with Crippen LogP contribution >= 0.6 is 23.2 Å². The number of aromatic nitrogens is 5. The van der Waals surface area contributed by atoms with E-state index in [1.54, 1.807) is 18.2 Å². The van der Waals surface area contributed by atoms with Crippen LogP contribution in [0.2, 0.25) is 10.0 Å². The quantitative estimate of drug-likeness (QED) is 0.372. The van der Waals surface area contributed by atoms with Gasteiger partial charge in [-0.1, -0.05) is 35.3 Å². The molecule has 0 radical (unpaired) electrons. The van der Waals surface area contributed by atoms with Crippen molar-refractivity contribution in [2.75, 3.05) is 5.32 Å². The van der Waals surface area contributed by atoms with Crippen molar-refractivity contribution in [1.29, 1.82) is 0 Å². The maximum Gasteiger partial charge on any atom is 0.416 e. The number of hydrogen-bond acceptors (Lipinski definition) is 5. The van der Waals surface area contributed by atoms with Crippen LogP contribution in [0.3, 0.4) is 0 Å². The molecule has 8 nitrogen and oxygen atoms in total. The molecule has 0 bridgehead atoms. The molecule has 0 saturated heterocycles. The molecule has 2 aromatic heterocycles. The predicted octanol–water partition coefficient (Wildman–Crippen LogP) is 5.14. The second-order valence-corrected chi connectivity index (χ2v) is 7.82. The van der Waals surface area contributed by atoms with E-state index < -0.39 is 17.6 Å². The number of nitrogens with one attached hydrogen (secondary N) is 1. The zero-order valence-corrected chi connectivity index (χ0v) is 18.6. The van der Waals surface area contributed by atoms with E-state index in [1.165, 1.54) is 40.1 Å². The van der Waals surface area contributed by atoms with Gasteiger partial charge in [0.2, 0.25) is 5.95 Å². The maximum atomic E-state index is 12.8. The first-order chi connectivity index (χ1) is 16.2. The molecule has 1 amide bonds. The van der Waals surface area contributed by atoms with Gasteiger partial charge in [0.25, 0.3) is 5.91 Å². The summed E-state index contributed by atoms with van der Waals surface area (Å²) >= 11 is 11.9. The molecular formula is C21H15Cl2F3N6O2. The molecule has 0 unspecified atom stereocenters. The average Bonchev–Trinajstić information content (AvgIpc) is 3.44. The SMILES string of the molecule is O=C(Nc1ncn(Cc2ccc(Cl)c(Cl)c2)n1)c1ccn(COc2cccc(C(F)(F)F)c2)n1. The largest absolute Gasteiger partial charge is 0.471 e. The zero-order chi connectivity index (χ0) is 24.3. The van der Waals surface area contributed by atoms with Crippen molar-refractivity contribution < 1.29 is 22.7 Å². The summed E-state index contributed by atoms with van der Waals surface area (Å²) in [5, 5.41) is 11.6. The number of ether oxygens (including phenoxy) is 1. The Balaban J connectivity index is 1.33. The number of hydrogen-bond donors (Lipinski definition) is 1. The van der Waals surface area contributed by atoms with Gasteiger partial charge in [0, 0.05) is 6.20 Å². The van der Waals surface area contributed by atoms with E-state index in [4.69, 9.17) is 27.9 Å². The third-order valence-electron chi connectivity index (χ3n) is 4.49. The second kappa shape index (κ2) is 9.74. The molecule has 0 aliphatic rings. The summed E-state index contributed by atoms with van der Waals surface area (Å²) in [6, 6.07) is 11.1. The molecule has 0 aliphatic heterocycles. The van der Waals surface area contributed by atoms with Crippen molar-refractivity contribution in [1.82, 2.24) is 24.5 Å². The third-order valence-corrected chi connectivity index (χ3v) is 5.23. The van der Waals surface area contributed by atoms with E-state index in [9.17, 15) is 18.0 Å². The molecule has 0 spiro atoms. The molecule has 13 heteroatoms. The van der Waals surface area contributed by atoms with E-state index in [1.807, 2.05) is 0 Å². The first-order valence-electron chi connectivity index (χ1n) is 9.65. The van der Waals surface area contributed by atoms with E-state index in [0.717, 1.165) is 17.7 Å². The molecular weight excluding hydrogens is 496 g/mol. The van der Waals surface area contributed by atoms with Crippen LogP contribution in [-0.2, 0) is 19.5 Å². The number of nitrogens with zero attached hydrogens (tertiary/aromatic N) is 5. The van der Waals surface area contributed by atoms with Gasteiger partial charge < -0.3 is 4.74 Å². The Labute approximate surface area is 200 Å². The van der Waals surface area contributed by atoms with Gasteiger partial charge in [-0.05, 0) is 42.0 Å². The summed E-state index contributed by atoms with van der Waals surface area (Å²) < 4.78 is 46.5. The van der Waals surface area contributed by atoms with Crippen molar-refractivity contribution in [2.24, 2.45) is 0 Å². The van der Waals surface area contributed by atoms with Crippen molar-refractivity contribution in [3.05, 3.63) is 87.9 Å². The minimum absolute atomic E-state index is 0.0213. The number of carbonyl (C=O) groups excluding carboxylic acids is 1. The van der Waals surface area contributed by atoms with Crippen molar-refractivity contribution in [3.8, 4) is 5.75 Å². The Hall–Kier alpha value is -3.57. The molecule has 0 atom stereocenters. The summed E-state index contributed by atoms with van der Waals surface area (Å²) in [5.41, 5.74) is 0.0711. The van der Waals surface area contributed by atoms with Gasteiger partial charge in [0.1, 0.15) is 12.1 Å². The molecule has 0 saturated carbocycles. The highest BCUT2D eigenvalue weighted by atomic mass is 35.5. The third kappa shape index (κ3) is 5.86. The topological polar surface area (TPSA) is 86.9 Å². The summed E-state index contributed by atoms with van der Waals surface area (Å²) in [4.78, 5) is 16.5. The normalized spacial score (nSPS) is 11.4. The summed E-state index contributed by atoms with van der Waals surface area (Å²) in [5.74, 6) is -0.474. The fourth-order valence-electron chi connectivity index (χ4n) is 2.88. The number of amides is 1. The summed E-state index contributed by atoms with van der Waals surface area (Å²) in [6.45, 7) is 0.173. The van der Waals surface area contributed by atoms with Crippen molar-refractivity contribution in [2.45, 2.75) is 19.5 Å². The molecule has 0 fully saturated rings. The Morgan fingerprint density at radius 1 is 1.03 bits per heavy atom. The van der Waals surface area contributed by atoms with E-state index in [2.05, 4.69) is 20.5 Å². The van der Waals surface area contributed by atoms with Gasteiger partial charge >= 0.3 is 6.18 Å². The highest BCUT2D eigenvalue weighted by molar-refractivity contribution is 6.42. The molecule has 4 aromatic rings. The lowest BCUT2D eigenvalue weighted by Crippen LogP contribution is -2.15. The van der Waals surface area contributed by atoms with Crippen LogP contribution in [-0.4, -0.2) is 30.5 Å². The highest BCUT2D eigenvalue weighted by Crippen LogP contribution is 2.31. The second-order valence-electron chi connectivity index (χ2n) is 7.01. The Morgan fingerprint density at radius 2 is 1.85 bits per heavy atom. The number of alkyl halides is 3. The molecule has 2 aromatic carbocycles. The summed E-state index contributed by atoms with van der Waals surface area (Å²) in [6.07, 6.45) is -1.57. The van der Waals surface area contributed by atoms with E-state index in [-0.39, 0.29) is 24.1 Å². The van der Waals surface area contributed by atoms with Gasteiger partial charge in [0.15, 0.2) is 12.4 Å². The molecule has 0 aliphatic carbocycles. The average molecular weight is 511 g/mol. The van der Waals surface area contributed by atoms with Crippen LogP contribution in [0.15, 0.2) is 61.1 Å². The molecule has 176 valence electrons. The van der Waals surface area contributed by atoms with Gasteiger partial charge in [-0.15, -0.1) is 5.10 Å². The lowest BCUT2D eigenvalue weighted by atomic mass is 10.2. The zero-order valence-electron chi connectivity index (χ0n) is 17.1. The highest BCUT2D eigenvalue weighted by Gasteiger charge is 2.30. The minimum atomic E-state index is -4.47. The number of rotatable bonds is 7. The van der Waals surface area contributed by atoms with Crippen molar-refractivity contribution >= 4 is 35.1 Å². The Morgan fingerprint density at radius 3 is 2.62 bits per heavy atom. The van der Waals surface area contributed by atoms with Crippen LogP contribution < -0.4 is 10.1 Å². The maximum absolute atomic E-state index is 12.8. The molecule has 4 rings (SSSR count). The van der Waals surface area contributed by atoms with Gasteiger partial charge in [-0.3, -0.25) is 10.1 Å². The molecule has 1 N–H and O–H groups in total. The fraction of sp³-hybridized carbons (Fsp3) is 0.143. The standard InChI is InChI=1S/C21H15Cl2F3N6O2/c22-16-5-4-13(8-17(16)23)10-32-11-27-20(30-32)28-19(33)18-6-7-31(29-18)12-34-15-3-1-2-14(9-15)21(24,25)26/h1-9,11H,10,12H2,(H,28,30,33). The molecule has 34 heavy (non-hydrogen) atoms. The fourth-order valence-corrected chi connectivity index (χ4v) is 3.20. The lowest BCUT2D eigenvalue weighted by Gasteiger charge is -2.10. The van der Waals surface area contributed by atoms with Gasteiger partial charge in [0.05, 0.1) is 22.2 Å². The minimum Gasteiger partial charge on any atom is -0.471 e.